The molecule has 0 aliphatic carbocycles. The lowest BCUT2D eigenvalue weighted by atomic mass is 10.1. The van der Waals surface area contributed by atoms with Crippen LogP contribution in [0, 0.1) is 6.92 Å². The van der Waals surface area contributed by atoms with Gasteiger partial charge in [-0.3, -0.25) is 0 Å². The first kappa shape index (κ1) is 13.9. The molecule has 0 spiro atoms. The summed E-state index contributed by atoms with van der Waals surface area (Å²) in [5.41, 5.74) is 1.18. The Hall–Kier alpha value is -1.55. The number of nitrogens with zero attached hydrogens (tertiary/aromatic N) is 2. The summed E-state index contributed by atoms with van der Waals surface area (Å²) < 4.78 is 7.67. The molecule has 2 heterocycles. The Labute approximate surface area is 114 Å². The highest BCUT2D eigenvalue weighted by Gasteiger charge is 2.21. The minimum atomic E-state index is 0.111. The molecule has 0 aromatic carbocycles. The minimum Gasteiger partial charge on any atom is -0.469 e. The van der Waals surface area contributed by atoms with Crippen LogP contribution in [0.5, 0.6) is 0 Å². The van der Waals surface area contributed by atoms with Crippen molar-refractivity contribution in [3.63, 3.8) is 0 Å². The predicted octanol–water partition coefficient (Wildman–Crippen LogP) is 3.28. The summed E-state index contributed by atoms with van der Waals surface area (Å²) in [6.07, 6.45) is 7.88. The zero-order valence-corrected chi connectivity index (χ0v) is 12.0. The molecule has 0 fully saturated rings. The molecule has 2 aromatic rings. The molecule has 1 N–H and O–H groups in total. The molecule has 0 radical (unpaired) electrons. The van der Waals surface area contributed by atoms with Gasteiger partial charge in [-0.15, -0.1) is 0 Å². The first-order valence-corrected chi connectivity index (χ1v) is 7.06. The van der Waals surface area contributed by atoms with E-state index < -0.39 is 0 Å². The molecule has 0 saturated carbocycles. The SMILES string of the molecule is CCCNC(c1ccoc1C)c1nccn1CCC. The molecule has 0 amide bonds. The van der Waals surface area contributed by atoms with Crippen LogP contribution in [-0.4, -0.2) is 16.1 Å². The molecular weight excluding hydrogens is 238 g/mol. The highest BCUT2D eigenvalue weighted by molar-refractivity contribution is 5.26. The molecule has 0 saturated heterocycles. The molecule has 2 aromatic heterocycles. The smallest absolute Gasteiger partial charge is 0.130 e. The normalized spacial score (nSPS) is 12.8. The van der Waals surface area contributed by atoms with Gasteiger partial charge in [-0.25, -0.2) is 4.98 Å². The molecule has 0 aliphatic heterocycles. The lowest BCUT2D eigenvalue weighted by Crippen LogP contribution is -2.26. The summed E-state index contributed by atoms with van der Waals surface area (Å²) >= 11 is 0. The second-order valence-corrected chi connectivity index (χ2v) is 4.80. The molecule has 2 rings (SSSR count). The third-order valence-electron chi connectivity index (χ3n) is 3.28. The number of imidazole rings is 1. The first-order valence-electron chi connectivity index (χ1n) is 7.06. The van der Waals surface area contributed by atoms with Crippen LogP contribution in [0.25, 0.3) is 0 Å². The van der Waals surface area contributed by atoms with E-state index in [2.05, 4.69) is 34.9 Å². The predicted molar refractivity (Wildman–Crippen MR) is 76.1 cm³/mol. The Morgan fingerprint density at radius 2 is 2.21 bits per heavy atom. The van der Waals surface area contributed by atoms with Crippen molar-refractivity contribution >= 4 is 0 Å². The maximum absolute atomic E-state index is 5.45. The largest absolute Gasteiger partial charge is 0.469 e. The highest BCUT2D eigenvalue weighted by Crippen LogP contribution is 2.24. The van der Waals surface area contributed by atoms with Gasteiger partial charge in [-0.1, -0.05) is 13.8 Å². The maximum atomic E-state index is 5.45. The lowest BCUT2D eigenvalue weighted by molar-refractivity contribution is 0.499. The molecule has 1 atom stereocenters. The highest BCUT2D eigenvalue weighted by atomic mass is 16.3. The fourth-order valence-corrected chi connectivity index (χ4v) is 2.33. The summed E-state index contributed by atoms with van der Waals surface area (Å²) in [7, 11) is 0. The molecule has 104 valence electrons. The van der Waals surface area contributed by atoms with Gasteiger partial charge in [0.2, 0.25) is 0 Å². The Bertz CT molecular complexity index is 501. The second kappa shape index (κ2) is 6.57. The second-order valence-electron chi connectivity index (χ2n) is 4.80. The van der Waals surface area contributed by atoms with Crippen LogP contribution in [0.2, 0.25) is 0 Å². The van der Waals surface area contributed by atoms with Crippen molar-refractivity contribution in [2.75, 3.05) is 6.54 Å². The summed E-state index contributed by atoms with van der Waals surface area (Å²) in [4.78, 5) is 4.54. The average Bonchev–Trinajstić information content (AvgIpc) is 3.01. The van der Waals surface area contributed by atoms with Gasteiger partial charge in [0.15, 0.2) is 0 Å². The van der Waals surface area contributed by atoms with Crippen molar-refractivity contribution in [3.8, 4) is 0 Å². The van der Waals surface area contributed by atoms with Gasteiger partial charge in [0.05, 0.1) is 12.3 Å². The summed E-state index contributed by atoms with van der Waals surface area (Å²) in [6.45, 7) is 8.32. The molecular formula is C15H23N3O. The van der Waals surface area contributed by atoms with Crippen LogP contribution in [-0.2, 0) is 6.54 Å². The molecule has 4 nitrogen and oxygen atoms in total. The van der Waals surface area contributed by atoms with E-state index in [9.17, 15) is 0 Å². The first-order chi connectivity index (χ1) is 9.27. The maximum Gasteiger partial charge on any atom is 0.130 e. The van der Waals surface area contributed by atoms with E-state index in [0.717, 1.165) is 37.5 Å². The van der Waals surface area contributed by atoms with Gasteiger partial charge in [0, 0.05) is 24.5 Å². The standard InChI is InChI=1S/C15H23N3O/c1-4-7-16-14(13-6-11-19-12(13)3)15-17-8-10-18(15)9-5-2/h6,8,10-11,14,16H,4-5,7,9H2,1-3H3. The van der Waals surface area contributed by atoms with Gasteiger partial charge >= 0.3 is 0 Å². The Balaban J connectivity index is 2.31. The molecule has 4 heteroatoms. The third kappa shape index (κ3) is 3.07. The lowest BCUT2D eigenvalue weighted by Gasteiger charge is -2.19. The van der Waals surface area contributed by atoms with Crippen molar-refractivity contribution in [2.24, 2.45) is 0 Å². The van der Waals surface area contributed by atoms with Gasteiger partial charge in [0.1, 0.15) is 11.6 Å². The zero-order chi connectivity index (χ0) is 13.7. The topological polar surface area (TPSA) is 43.0 Å². The third-order valence-corrected chi connectivity index (χ3v) is 3.28. The number of hydrogen-bond acceptors (Lipinski definition) is 3. The fraction of sp³-hybridized carbons (Fsp3) is 0.533. The van der Waals surface area contributed by atoms with Crippen molar-refractivity contribution in [2.45, 2.75) is 46.2 Å². The minimum absolute atomic E-state index is 0.111. The van der Waals surface area contributed by atoms with E-state index in [-0.39, 0.29) is 6.04 Å². The van der Waals surface area contributed by atoms with Crippen LogP contribution in [0.15, 0.2) is 29.1 Å². The number of nitrogens with one attached hydrogen (secondary N) is 1. The van der Waals surface area contributed by atoms with Gasteiger partial charge in [-0.2, -0.15) is 0 Å². The van der Waals surface area contributed by atoms with Crippen molar-refractivity contribution in [3.05, 3.63) is 41.9 Å². The molecule has 1 unspecified atom stereocenters. The van der Waals surface area contributed by atoms with E-state index in [0.29, 0.717) is 0 Å². The van der Waals surface area contributed by atoms with Crippen molar-refractivity contribution in [1.82, 2.24) is 14.9 Å². The van der Waals surface area contributed by atoms with Crippen molar-refractivity contribution < 1.29 is 4.42 Å². The van der Waals surface area contributed by atoms with Gasteiger partial charge in [-0.05, 0) is 32.4 Å². The monoisotopic (exact) mass is 261 g/mol. The van der Waals surface area contributed by atoms with Gasteiger partial charge < -0.3 is 14.3 Å². The van der Waals surface area contributed by atoms with E-state index in [4.69, 9.17) is 4.42 Å². The zero-order valence-electron chi connectivity index (χ0n) is 12.0. The van der Waals surface area contributed by atoms with Crippen LogP contribution >= 0.6 is 0 Å². The van der Waals surface area contributed by atoms with Crippen LogP contribution < -0.4 is 5.32 Å². The molecule has 0 aliphatic rings. The Kier molecular flexibility index (Phi) is 4.80. The number of rotatable bonds is 7. The molecule has 0 bridgehead atoms. The van der Waals surface area contributed by atoms with Crippen LogP contribution in [0.3, 0.4) is 0 Å². The van der Waals surface area contributed by atoms with Crippen molar-refractivity contribution in [1.29, 1.82) is 0 Å². The summed E-state index contributed by atoms with van der Waals surface area (Å²) in [6, 6.07) is 2.15. The van der Waals surface area contributed by atoms with E-state index in [1.807, 2.05) is 19.2 Å². The molecule has 19 heavy (non-hydrogen) atoms. The van der Waals surface area contributed by atoms with Crippen LogP contribution in [0.4, 0.5) is 0 Å². The van der Waals surface area contributed by atoms with Gasteiger partial charge in [0.25, 0.3) is 0 Å². The number of aryl methyl sites for hydroxylation is 2. The number of aromatic nitrogens is 2. The van der Waals surface area contributed by atoms with Crippen LogP contribution in [0.1, 0.15) is 49.9 Å². The number of furan rings is 1. The summed E-state index contributed by atoms with van der Waals surface area (Å²) in [5.74, 6) is 2.03. The fourth-order valence-electron chi connectivity index (χ4n) is 2.33. The number of hydrogen-bond donors (Lipinski definition) is 1. The quantitative estimate of drug-likeness (QED) is 0.831. The van der Waals surface area contributed by atoms with E-state index >= 15 is 0 Å². The average molecular weight is 261 g/mol. The van der Waals surface area contributed by atoms with E-state index in [1.54, 1.807) is 6.26 Å². The Morgan fingerprint density at radius 1 is 1.37 bits per heavy atom. The Morgan fingerprint density at radius 3 is 2.84 bits per heavy atom. The van der Waals surface area contributed by atoms with E-state index in [1.165, 1.54) is 5.56 Å². The summed E-state index contributed by atoms with van der Waals surface area (Å²) in [5, 5.41) is 3.57.